The molecule has 1 amide bonds. The normalized spacial score (nSPS) is 19.7. The van der Waals surface area contributed by atoms with Crippen molar-refractivity contribution in [1.82, 2.24) is 15.2 Å². The predicted octanol–water partition coefficient (Wildman–Crippen LogP) is 4.50. The molecule has 2 atom stereocenters. The molecule has 0 saturated heterocycles. The molecule has 1 aliphatic rings. The fourth-order valence-electron chi connectivity index (χ4n) is 4.30. The second-order valence-corrected chi connectivity index (χ2v) is 7.85. The Morgan fingerprint density at radius 3 is 2.57 bits per heavy atom. The molecule has 1 aromatic heterocycles. The van der Waals surface area contributed by atoms with Crippen LogP contribution in [-0.2, 0) is 0 Å². The third kappa shape index (κ3) is 3.78. The third-order valence-corrected chi connectivity index (χ3v) is 5.81. The number of rotatable bonds is 4. The van der Waals surface area contributed by atoms with Crippen molar-refractivity contribution in [2.75, 3.05) is 14.1 Å². The summed E-state index contributed by atoms with van der Waals surface area (Å²) in [5, 5.41) is 5.61. The lowest BCUT2D eigenvalue weighted by Gasteiger charge is -2.36. The highest BCUT2D eigenvalue weighted by molar-refractivity contribution is 5.97. The summed E-state index contributed by atoms with van der Waals surface area (Å²) in [5.41, 5.74) is 2.64. The van der Waals surface area contributed by atoms with E-state index in [9.17, 15) is 4.79 Å². The lowest BCUT2D eigenvalue weighted by Crippen LogP contribution is -2.51. The van der Waals surface area contributed by atoms with Crippen molar-refractivity contribution >= 4 is 16.7 Å². The molecule has 1 N–H and O–H groups in total. The Morgan fingerprint density at radius 1 is 1.00 bits per heavy atom. The van der Waals surface area contributed by atoms with Crippen LogP contribution < -0.4 is 5.32 Å². The fraction of sp³-hybridized carbons (Fsp3) is 0.333. The van der Waals surface area contributed by atoms with Crippen LogP contribution in [0.4, 0.5) is 0 Å². The van der Waals surface area contributed by atoms with E-state index in [0.29, 0.717) is 11.7 Å². The van der Waals surface area contributed by atoms with Gasteiger partial charge >= 0.3 is 0 Å². The Labute approximate surface area is 166 Å². The van der Waals surface area contributed by atoms with E-state index in [1.807, 2.05) is 24.3 Å². The number of amides is 1. The van der Waals surface area contributed by atoms with Gasteiger partial charge in [-0.1, -0.05) is 61.4 Å². The van der Waals surface area contributed by atoms with Gasteiger partial charge in [-0.05, 0) is 49.3 Å². The van der Waals surface area contributed by atoms with Crippen molar-refractivity contribution < 1.29 is 4.79 Å². The van der Waals surface area contributed by atoms with E-state index in [4.69, 9.17) is 0 Å². The number of fused-ring (bicyclic) bond motifs is 1. The largest absolute Gasteiger partial charge is 0.346 e. The Morgan fingerprint density at radius 2 is 1.79 bits per heavy atom. The van der Waals surface area contributed by atoms with Crippen LogP contribution in [0.2, 0.25) is 0 Å². The highest BCUT2D eigenvalue weighted by Crippen LogP contribution is 2.28. The molecule has 0 spiro atoms. The Balaban J connectivity index is 1.53. The standard InChI is InChI=1S/C24H27N3O/c1-27(2)23-13-6-5-12-21(23)26-24(28)22-15-14-18(16-25-22)20-11-7-9-17-8-3-4-10-19(17)20/h3-4,7-11,14-16,21,23H,5-6,12-13H2,1-2H3,(H,26,28)/t21-,23-/m0/s1. The summed E-state index contributed by atoms with van der Waals surface area (Å²) < 4.78 is 0. The van der Waals surface area contributed by atoms with E-state index in [0.717, 1.165) is 24.0 Å². The van der Waals surface area contributed by atoms with E-state index >= 15 is 0 Å². The molecule has 4 nitrogen and oxygen atoms in total. The van der Waals surface area contributed by atoms with Crippen molar-refractivity contribution in [1.29, 1.82) is 0 Å². The topological polar surface area (TPSA) is 45.2 Å². The molecule has 0 aliphatic heterocycles. The molecule has 0 bridgehead atoms. The van der Waals surface area contributed by atoms with Gasteiger partial charge in [0, 0.05) is 23.8 Å². The van der Waals surface area contributed by atoms with Gasteiger partial charge in [0.15, 0.2) is 0 Å². The van der Waals surface area contributed by atoms with Crippen LogP contribution in [-0.4, -0.2) is 42.0 Å². The number of nitrogens with zero attached hydrogens (tertiary/aromatic N) is 2. The minimum Gasteiger partial charge on any atom is -0.346 e. The zero-order valence-corrected chi connectivity index (χ0v) is 16.6. The van der Waals surface area contributed by atoms with Gasteiger partial charge in [-0.15, -0.1) is 0 Å². The van der Waals surface area contributed by atoms with Crippen LogP contribution in [0.3, 0.4) is 0 Å². The third-order valence-electron chi connectivity index (χ3n) is 5.81. The predicted molar refractivity (Wildman–Crippen MR) is 114 cm³/mol. The molecule has 28 heavy (non-hydrogen) atoms. The molecule has 1 heterocycles. The van der Waals surface area contributed by atoms with E-state index in [-0.39, 0.29) is 11.9 Å². The number of aromatic nitrogens is 1. The average molecular weight is 374 g/mol. The lowest BCUT2D eigenvalue weighted by atomic mass is 9.89. The van der Waals surface area contributed by atoms with Gasteiger partial charge in [-0.25, -0.2) is 0 Å². The van der Waals surface area contributed by atoms with Gasteiger partial charge in [0.05, 0.1) is 0 Å². The second-order valence-electron chi connectivity index (χ2n) is 7.85. The summed E-state index contributed by atoms with van der Waals surface area (Å²) in [6, 6.07) is 19.0. The second kappa shape index (κ2) is 8.11. The van der Waals surface area contributed by atoms with Crippen molar-refractivity contribution in [3.63, 3.8) is 0 Å². The van der Waals surface area contributed by atoms with Gasteiger partial charge in [0.25, 0.3) is 5.91 Å². The quantitative estimate of drug-likeness (QED) is 0.732. The first kappa shape index (κ1) is 18.6. The van der Waals surface area contributed by atoms with E-state index in [1.54, 1.807) is 6.20 Å². The van der Waals surface area contributed by atoms with Crippen molar-refractivity contribution in [3.8, 4) is 11.1 Å². The number of nitrogens with one attached hydrogen (secondary N) is 1. The molecule has 3 aromatic rings. The molecule has 4 rings (SSSR count). The summed E-state index contributed by atoms with van der Waals surface area (Å²) >= 11 is 0. The van der Waals surface area contributed by atoms with Gasteiger partial charge in [-0.2, -0.15) is 0 Å². The molecule has 4 heteroatoms. The molecule has 0 unspecified atom stereocenters. The SMILES string of the molecule is CN(C)[C@H]1CCCC[C@@H]1NC(=O)c1ccc(-c2cccc3ccccc23)cn1. The Kier molecular flexibility index (Phi) is 5.40. The molecular formula is C24H27N3O. The first-order valence-electron chi connectivity index (χ1n) is 10.0. The highest BCUT2D eigenvalue weighted by atomic mass is 16.1. The Hall–Kier alpha value is -2.72. The number of pyridine rings is 1. The summed E-state index contributed by atoms with van der Waals surface area (Å²) in [6.45, 7) is 0. The van der Waals surface area contributed by atoms with Crippen LogP contribution >= 0.6 is 0 Å². The number of likely N-dealkylation sites (N-methyl/N-ethyl adjacent to an activating group) is 1. The molecule has 1 saturated carbocycles. The highest BCUT2D eigenvalue weighted by Gasteiger charge is 2.28. The van der Waals surface area contributed by atoms with E-state index in [2.05, 4.69) is 59.6 Å². The van der Waals surface area contributed by atoms with Crippen molar-refractivity contribution in [2.24, 2.45) is 0 Å². The van der Waals surface area contributed by atoms with Crippen molar-refractivity contribution in [2.45, 2.75) is 37.8 Å². The zero-order valence-electron chi connectivity index (χ0n) is 16.6. The average Bonchev–Trinajstić information content (AvgIpc) is 2.73. The van der Waals surface area contributed by atoms with Crippen LogP contribution in [0.25, 0.3) is 21.9 Å². The molecule has 1 fully saturated rings. The number of hydrogen-bond donors (Lipinski definition) is 1. The van der Waals surface area contributed by atoms with Gasteiger partial charge < -0.3 is 10.2 Å². The van der Waals surface area contributed by atoms with Crippen LogP contribution in [0.1, 0.15) is 36.2 Å². The van der Waals surface area contributed by atoms with Crippen LogP contribution in [0.15, 0.2) is 60.8 Å². The van der Waals surface area contributed by atoms with Gasteiger partial charge in [-0.3, -0.25) is 9.78 Å². The zero-order chi connectivity index (χ0) is 19.5. The first-order valence-corrected chi connectivity index (χ1v) is 10.0. The fourth-order valence-corrected chi connectivity index (χ4v) is 4.30. The summed E-state index contributed by atoms with van der Waals surface area (Å²) in [7, 11) is 4.18. The summed E-state index contributed by atoms with van der Waals surface area (Å²) in [6.07, 6.45) is 6.37. The van der Waals surface area contributed by atoms with Crippen LogP contribution in [0.5, 0.6) is 0 Å². The van der Waals surface area contributed by atoms with Crippen molar-refractivity contribution in [3.05, 3.63) is 66.5 Å². The maximum absolute atomic E-state index is 12.7. The molecule has 1 aliphatic carbocycles. The number of hydrogen-bond acceptors (Lipinski definition) is 3. The molecule has 2 aromatic carbocycles. The summed E-state index contributed by atoms with van der Waals surface area (Å²) in [4.78, 5) is 19.4. The number of benzene rings is 2. The van der Waals surface area contributed by atoms with Crippen LogP contribution in [0, 0.1) is 0 Å². The number of carbonyl (C=O) groups excluding carboxylic acids is 1. The minimum absolute atomic E-state index is 0.0804. The number of carbonyl (C=O) groups is 1. The first-order chi connectivity index (χ1) is 13.6. The van der Waals surface area contributed by atoms with Gasteiger partial charge in [0.1, 0.15) is 5.69 Å². The van der Waals surface area contributed by atoms with E-state index in [1.165, 1.54) is 23.6 Å². The minimum atomic E-state index is -0.0804. The lowest BCUT2D eigenvalue weighted by molar-refractivity contribution is 0.0878. The molecule has 144 valence electrons. The van der Waals surface area contributed by atoms with Gasteiger partial charge in [0.2, 0.25) is 0 Å². The maximum Gasteiger partial charge on any atom is 0.270 e. The molecular weight excluding hydrogens is 346 g/mol. The Bertz CT molecular complexity index is 960. The molecule has 0 radical (unpaired) electrons. The maximum atomic E-state index is 12.7. The summed E-state index contributed by atoms with van der Waals surface area (Å²) in [5.74, 6) is -0.0804. The van der Waals surface area contributed by atoms with E-state index < -0.39 is 0 Å². The monoisotopic (exact) mass is 373 g/mol. The smallest absolute Gasteiger partial charge is 0.270 e.